The van der Waals surface area contributed by atoms with Crippen LogP contribution in [0.15, 0.2) is 54.3 Å². The Hall–Kier alpha value is -2.75. The first kappa shape index (κ1) is 12.0. The number of aryl methyl sites for hydroxylation is 2. The fourth-order valence-electron chi connectivity index (χ4n) is 1.75. The third-order valence-electron chi connectivity index (χ3n) is 2.84. The fourth-order valence-corrected chi connectivity index (χ4v) is 1.75. The lowest BCUT2D eigenvalue weighted by molar-refractivity contribution is 1.15. The molecule has 21 heavy (non-hydrogen) atoms. The Labute approximate surface area is 131 Å². The van der Waals surface area contributed by atoms with E-state index in [0.29, 0.717) is 5.95 Å². The Morgan fingerprint density at radius 1 is 1.33 bits per heavy atom. The molecule has 0 atom stereocenters. The molecule has 0 saturated carbocycles. The molecule has 2 rings (SSSR count). The quantitative estimate of drug-likeness (QED) is 0.820. The zero-order valence-corrected chi connectivity index (χ0v) is 12.2. The van der Waals surface area contributed by atoms with Crippen LogP contribution in [0.4, 0.5) is 11.6 Å². The number of aliphatic imine (C=N–C) groups is 1. The van der Waals surface area contributed by atoms with Crippen molar-refractivity contribution in [2.75, 3.05) is 5.32 Å². The smallest absolute Gasteiger partial charge is 0.227 e. The van der Waals surface area contributed by atoms with Gasteiger partial charge in [-0.25, -0.2) is 9.97 Å². The van der Waals surface area contributed by atoms with E-state index >= 15 is 0 Å². The van der Waals surface area contributed by atoms with Crippen molar-refractivity contribution in [3.63, 3.8) is 0 Å². The average Bonchev–Trinajstić information content (AvgIpc) is 2.66. The summed E-state index contributed by atoms with van der Waals surface area (Å²) in [5.41, 5.74) is 4.15. The normalized spacial score (nSPS) is 11.9. The minimum atomic E-state index is 0.568. The molecule has 1 aromatic carbocycles. The standard InChI is InChI=1S/C17H18N4.2H2/c1-4-9-18-10-7-15-8-11-19-17(20-15)21-16-12-13(2)5-6-14(16)3;;/h4-12H,1H2,2-3H3,(H,19,20,21);2*1H/b10-7+,18-9?;;/i;2*1+1D. The van der Waals surface area contributed by atoms with Gasteiger partial charge in [-0.1, -0.05) is 24.8 Å². The van der Waals surface area contributed by atoms with E-state index in [-0.39, 0.29) is 0 Å². The van der Waals surface area contributed by atoms with E-state index in [4.69, 9.17) is 5.94 Å². The highest BCUT2D eigenvalue weighted by atomic mass is 15.1. The molecule has 0 aliphatic carbocycles. The van der Waals surface area contributed by atoms with Crippen molar-refractivity contribution >= 4 is 23.9 Å². The van der Waals surface area contributed by atoms with Crippen LogP contribution in [0.2, 0.25) is 0 Å². The van der Waals surface area contributed by atoms with E-state index in [0.717, 1.165) is 16.9 Å². The van der Waals surface area contributed by atoms with Crippen molar-refractivity contribution in [3.8, 4) is 0 Å². The van der Waals surface area contributed by atoms with Gasteiger partial charge in [0.15, 0.2) is 0 Å². The number of anilines is 2. The number of hydrogen-bond acceptors (Lipinski definition) is 4. The zero-order valence-electron chi connectivity index (χ0n) is 16.2. The van der Waals surface area contributed by atoms with Crippen LogP contribution in [0.5, 0.6) is 0 Å². The Balaban J connectivity index is 0.00000134. The Bertz CT molecular complexity index is 703. The Morgan fingerprint density at radius 3 is 3.00 bits per heavy atom. The third-order valence-corrected chi connectivity index (χ3v) is 2.84. The molecule has 1 aromatic heterocycles. The van der Waals surface area contributed by atoms with Gasteiger partial charge in [-0.15, -0.1) is 0 Å². The van der Waals surface area contributed by atoms with Crippen LogP contribution in [0.1, 0.15) is 22.8 Å². The van der Waals surface area contributed by atoms with E-state index in [1.54, 1.807) is 24.7 Å². The van der Waals surface area contributed by atoms with E-state index in [1.165, 1.54) is 5.56 Å². The molecule has 0 radical (unpaired) electrons. The van der Waals surface area contributed by atoms with Gasteiger partial charge in [0.25, 0.3) is 0 Å². The number of nitrogens with zero attached hydrogens (tertiary/aromatic N) is 3. The second kappa shape index (κ2) is 7.14. The molecule has 0 aliphatic rings. The largest absolute Gasteiger partial charge is 0.324 e. The first-order valence-corrected chi connectivity index (χ1v) is 6.67. The molecule has 0 saturated heterocycles. The maximum Gasteiger partial charge on any atom is 0.227 e. The van der Waals surface area contributed by atoms with E-state index in [9.17, 15) is 0 Å². The van der Waals surface area contributed by atoms with Gasteiger partial charge in [-0.3, -0.25) is 4.99 Å². The first-order chi connectivity index (χ1) is 12.2. The minimum absolute atomic E-state index is 0.568. The molecule has 0 bridgehead atoms. The number of aromatic nitrogens is 2. The van der Waals surface area contributed by atoms with Crippen LogP contribution < -0.4 is 5.32 Å². The molecular weight excluding hydrogens is 260 g/mol. The predicted octanol–water partition coefficient (Wildman–Crippen LogP) is 4.56. The zero-order chi connectivity index (χ0) is 19.1. The van der Waals surface area contributed by atoms with Gasteiger partial charge in [0, 0.05) is 30.2 Å². The van der Waals surface area contributed by atoms with Crippen molar-refractivity contribution in [2.24, 2.45) is 4.99 Å². The summed E-state index contributed by atoms with van der Waals surface area (Å²) in [5, 5.41) is 3.24. The average molecular weight is 286 g/mol. The van der Waals surface area contributed by atoms with E-state index in [1.807, 2.05) is 12.1 Å². The maximum atomic E-state index is 5.00. The number of allylic oxidation sites excluding steroid dienone is 1. The lowest BCUT2D eigenvalue weighted by Crippen LogP contribution is -1.99. The summed E-state index contributed by atoms with van der Waals surface area (Å²) in [5.74, 6) is 0.568. The number of hydrogen-bond donors (Lipinski definition) is 1. The van der Waals surface area contributed by atoms with Gasteiger partial charge >= 0.3 is 0 Å². The molecule has 1 N–H and O–H groups in total. The summed E-state index contributed by atoms with van der Waals surface area (Å²) < 4.78 is 20.0. The van der Waals surface area contributed by atoms with Crippen molar-refractivity contribution in [1.82, 2.24) is 9.97 Å². The molecule has 0 fully saturated rings. The Kier molecular flexibility index (Phi) is 4.09. The van der Waals surface area contributed by atoms with Crippen molar-refractivity contribution in [3.05, 3.63) is 66.1 Å². The van der Waals surface area contributed by atoms with Crippen molar-refractivity contribution in [1.29, 1.82) is 0 Å². The lowest BCUT2D eigenvalue weighted by Gasteiger charge is -2.09. The molecule has 4 nitrogen and oxygen atoms in total. The van der Waals surface area contributed by atoms with Crippen LogP contribution in [0.25, 0.3) is 6.08 Å². The topological polar surface area (TPSA) is 50.2 Å². The maximum absolute atomic E-state index is 5.00. The van der Waals surface area contributed by atoms with Crippen molar-refractivity contribution < 1.29 is 5.94 Å². The van der Waals surface area contributed by atoms with Crippen LogP contribution >= 0.6 is 0 Å². The fraction of sp³-hybridized carbons (Fsp3) is 0.118. The van der Waals surface area contributed by atoms with Crippen LogP contribution in [-0.4, -0.2) is 16.2 Å². The monoisotopic (exact) mass is 286 g/mol. The second-order valence-corrected chi connectivity index (χ2v) is 4.60. The van der Waals surface area contributed by atoms with Crippen molar-refractivity contribution in [2.45, 2.75) is 13.8 Å². The number of nitrogens with one attached hydrogen (secondary N) is 1. The van der Waals surface area contributed by atoms with Crippen LogP contribution in [-0.2, 0) is 0 Å². The van der Waals surface area contributed by atoms with Gasteiger partial charge in [-0.2, -0.15) is 0 Å². The summed E-state index contributed by atoms with van der Waals surface area (Å²) in [6.45, 7) is 7.67. The molecule has 110 valence electrons. The number of rotatable bonds is 5. The van der Waals surface area contributed by atoms with Gasteiger partial charge in [0.1, 0.15) is 0 Å². The van der Waals surface area contributed by atoms with Gasteiger partial charge < -0.3 is 5.32 Å². The highest BCUT2D eigenvalue weighted by Crippen LogP contribution is 2.19. The molecule has 0 aliphatic heterocycles. The van der Waals surface area contributed by atoms with E-state index in [2.05, 4.69) is 58.9 Å². The molecule has 0 unspecified atom stereocenters. The van der Waals surface area contributed by atoms with E-state index < -0.39 is 0 Å². The molecular formula is C17H22N4. The first-order valence-electron chi connectivity index (χ1n) is 8.67. The van der Waals surface area contributed by atoms with Gasteiger partial charge in [-0.05, 0) is 43.2 Å². The number of benzene rings is 1. The molecule has 0 amide bonds. The summed E-state index contributed by atoms with van der Waals surface area (Å²) in [6.07, 6.45) is 8.45. The molecule has 4 heteroatoms. The summed E-state index contributed by atoms with van der Waals surface area (Å²) in [4.78, 5) is 12.7. The third kappa shape index (κ3) is 4.38. The molecule has 1 heterocycles. The minimum Gasteiger partial charge on any atom is -0.324 e. The van der Waals surface area contributed by atoms with Gasteiger partial charge in [0.05, 0.1) is 5.69 Å². The highest BCUT2D eigenvalue weighted by molar-refractivity contribution is 5.71. The van der Waals surface area contributed by atoms with Crippen LogP contribution in [0, 0.1) is 13.8 Å². The molecule has 0 spiro atoms. The summed E-state index contributed by atoms with van der Waals surface area (Å²) in [7, 11) is 0. The second-order valence-electron chi connectivity index (χ2n) is 4.60. The highest BCUT2D eigenvalue weighted by Gasteiger charge is 2.02. The summed E-state index contributed by atoms with van der Waals surface area (Å²) in [6, 6.07) is 8.06. The predicted molar refractivity (Wildman–Crippen MR) is 93.2 cm³/mol. The summed E-state index contributed by atoms with van der Waals surface area (Å²) >= 11 is 0. The Morgan fingerprint density at radius 2 is 2.19 bits per heavy atom. The van der Waals surface area contributed by atoms with Gasteiger partial charge in [0.2, 0.25) is 5.95 Å². The lowest BCUT2D eigenvalue weighted by atomic mass is 10.1. The van der Waals surface area contributed by atoms with Crippen LogP contribution in [0.3, 0.4) is 0 Å². The SMILES string of the molecule is C=CC=N/C=C/c1ccnc(Nc2cc(C)ccc2C)n1.[2H][2H].[2H][2H]. The molecule has 2 aromatic rings.